The predicted octanol–water partition coefficient (Wildman–Crippen LogP) is -0.0964. The molecule has 0 radical (unpaired) electrons. The van der Waals surface area contributed by atoms with Crippen molar-refractivity contribution in [1.82, 2.24) is 4.57 Å². The molecule has 0 aliphatic carbocycles. The number of carbonyl (C=O) groups excluding carboxylic acids is 1. The Hall–Kier alpha value is -1.93. The molecule has 1 atom stereocenters. The standard InChI is InChI=1S/C21H25N2O3.HI/c1-4-22-16(3)23(21-8-6-5-7-20(21)22)13-18(25)14-26-19-11-9-17(10-12-19)15(2)24;/h5-12,18,25H,4,13-14H2,1-3H3;1H/q+1;/p-1. The minimum absolute atomic E-state index is 0. The second-order valence-corrected chi connectivity index (χ2v) is 6.44. The Morgan fingerprint density at radius 2 is 1.85 bits per heavy atom. The molecule has 2 aromatic carbocycles. The van der Waals surface area contributed by atoms with Crippen LogP contribution in [-0.2, 0) is 13.1 Å². The first kappa shape index (κ1) is 21.4. The van der Waals surface area contributed by atoms with E-state index < -0.39 is 6.10 Å². The number of hydrogen-bond donors (Lipinski definition) is 1. The molecule has 5 nitrogen and oxygen atoms in total. The number of rotatable bonds is 7. The molecule has 144 valence electrons. The Kier molecular flexibility index (Phi) is 7.38. The molecule has 6 heteroatoms. The van der Waals surface area contributed by atoms with Crippen LogP contribution >= 0.6 is 0 Å². The number of imidazole rings is 1. The number of carbonyl (C=O) groups is 1. The topological polar surface area (TPSA) is 55.3 Å². The molecule has 3 aromatic rings. The number of aromatic nitrogens is 2. The van der Waals surface area contributed by atoms with Crippen LogP contribution in [-0.4, -0.2) is 28.2 Å². The summed E-state index contributed by atoms with van der Waals surface area (Å²) < 4.78 is 10.0. The molecule has 1 heterocycles. The summed E-state index contributed by atoms with van der Waals surface area (Å²) in [5.41, 5.74) is 2.92. The maximum absolute atomic E-state index is 11.3. The van der Waals surface area contributed by atoms with Gasteiger partial charge in [-0.15, -0.1) is 0 Å². The van der Waals surface area contributed by atoms with E-state index in [1.165, 1.54) is 12.4 Å². The first-order valence-electron chi connectivity index (χ1n) is 8.90. The summed E-state index contributed by atoms with van der Waals surface area (Å²) in [4.78, 5) is 11.3. The molecule has 0 amide bonds. The zero-order chi connectivity index (χ0) is 18.7. The van der Waals surface area contributed by atoms with Crippen LogP contribution in [0.3, 0.4) is 0 Å². The van der Waals surface area contributed by atoms with Crippen molar-refractivity contribution in [3.63, 3.8) is 0 Å². The van der Waals surface area contributed by atoms with Crippen LogP contribution in [0.1, 0.15) is 30.0 Å². The number of ketones is 1. The van der Waals surface area contributed by atoms with Crippen LogP contribution in [0.2, 0.25) is 0 Å². The third-order valence-electron chi connectivity index (χ3n) is 4.66. The number of hydrogen-bond acceptors (Lipinski definition) is 3. The van der Waals surface area contributed by atoms with Gasteiger partial charge in [0.05, 0.1) is 6.54 Å². The second-order valence-electron chi connectivity index (χ2n) is 6.44. The summed E-state index contributed by atoms with van der Waals surface area (Å²) in [6, 6.07) is 15.2. The predicted molar refractivity (Wildman–Crippen MR) is 100 cm³/mol. The van der Waals surface area contributed by atoms with E-state index in [2.05, 4.69) is 35.1 Å². The van der Waals surface area contributed by atoms with Gasteiger partial charge in [-0.25, -0.2) is 9.13 Å². The van der Waals surface area contributed by atoms with Crippen molar-refractivity contribution in [2.75, 3.05) is 6.61 Å². The summed E-state index contributed by atoms with van der Waals surface area (Å²) in [5.74, 6) is 1.78. The van der Waals surface area contributed by atoms with E-state index in [4.69, 9.17) is 4.74 Å². The van der Waals surface area contributed by atoms with Crippen molar-refractivity contribution < 1.29 is 43.2 Å². The molecular weight excluding hydrogens is 455 g/mol. The Morgan fingerprint density at radius 3 is 2.48 bits per heavy atom. The number of ether oxygens (including phenoxy) is 1. The number of aryl methyl sites for hydroxylation is 1. The van der Waals surface area contributed by atoms with Crippen molar-refractivity contribution in [3.8, 4) is 5.75 Å². The van der Waals surface area contributed by atoms with Gasteiger partial charge < -0.3 is 33.8 Å². The Balaban J connectivity index is 0.00000261. The Labute approximate surface area is 176 Å². The fraction of sp³-hybridized carbons (Fsp3) is 0.333. The fourth-order valence-corrected chi connectivity index (χ4v) is 3.29. The van der Waals surface area contributed by atoms with Gasteiger partial charge in [0, 0.05) is 12.5 Å². The number of aliphatic hydroxyl groups excluding tert-OH is 1. The SMILES string of the molecule is CCn1c(C)[n+](CC(O)COc2ccc(C(C)=O)cc2)c2ccccc21.[I-]. The van der Waals surface area contributed by atoms with E-state index in [0.29, 0.717) is 17.9 Å². The monoisotopic (exact) mass is 480 g/mol. The van der Waals surface area contributed by atoms with Crippen LogP contribution in [0.5, 0.6) is 5.75 Å². The lowest BCUT2D eigenvalue weighted by molar-refractivity contribution is -0.685. The van der Waals surface area contributed by atoms with Crippen molar-refractivity contribution >= 4 is 16.8 Å². The molecule has 0 saturated carbocycles. The summed E-state index contributed by atoms with van der Waals surface area (Å²) in [6.45, 7) is 7.26. The lowest BCUT2D eigenvalue weighted by Crippen LogP contribution is -3.00. The average Bonchev–Trinajstić information content (AvgIpc) is 2.91. The van der Waals surface area contributed by atoms with Gasteiger partial charge in [-0.2, -0.15) is 0 Å². The highest BCUT2D eigenvalue weighted by molar-refractivity contribution is 5.94. The maximum Gasteiger partial charge on any atom is 0.254 e. The summed E-state index contributed by atoms with van der Waals surface area (Å²) >= 11 is 0. The molecule has 0 saturated heterocycles. The van der Waals surface area contributed by atoms with Crippen LogP contribution in [0.15, 0.2) is 48.5 Å². The zero-order valence-corrected chi connectivity index (χ0v) is 18.0. The Morgan fingerprint density at radius 1 is 1.19 bits per heavy atom. The van der Waals surface area contributed by atoms with E-state index in [0.717, 1.165) is 17.9 Å². The maximum atomic E-state index is 11.3. The van der Waals surface area contributed by atoms with Crippen molar-refractivity contribution in [1.29, 1.82) is 0 Å². The van der Waals surface area contributed by atoms with E-state index in [1.54, 1.807) is 24.3 Å². The highest BCUT2D eigenvalue weighted by Crippen LogP contribution is 2.15. The molecule has 1 N–H and O–H groups in total. The van der Waals surface area contributed by atoms with Crippen LogP contribution in [0, 0.1) is 6.92 Å². The van der Waals surface area contributed by atoms with E-state index in [1.807, 2.05) is 12.1 Å². The summed E-state index contributed by atoms with van der Waals surface area (Å²) in [7, 11) is 0. The van der Waals surface area contributed by atoms with Gasteiger partial charge in [-0.05, 0) is 50.2 Å². The highest BCUT2D eigenvalue weighted by atomic mass is 127. The molecule has 1 unspecified atom stereocenters. The smallest absolute Gasteiger partial charge is 0.254 e. The van der Waals surface area contributed by atoms with Gasteiger partial charge in [0.1, 0.15) is 25.0 Å². The van der Waals surface area contributed by atoms with Gasteiger partial charge in [0.2, 0.25) is 0 Å². The van der Waals surface area contributed by atoms with Crippen LogP contribution in [0.25, 0.3) is 11.0 Å². The number of para-hydroxylation sites is 2. The van der Waals surface area contributed by atoms with Gasteiger partial charge in [0.15, 0.2) is 16.8 Å². The number of Topliss-reactive ketones (excluding diaryl/α,β-unsaturated/α-hetero) is 1. The van der Waals surface area contributed by atoms with Crippen molar-refractivity contribution in [2.45, 2.75) is 40.0 Å². The fourth-order valence-electron chi connectivity index (χ4n) is 3.29. The van der Waals surface area contributed by atoms with Crippen LogP contribution in [0.4, 0.5) is 0 Å². The molecule has 3 rings (SSSR count). The molecule has 1 aromatic heterocycles. The second kappa shape index (κ2) is 9.32. The van der Waals surface area contributed by atoms with Gasteiger partial charge >= 0.3 is 0 Å². The van der Waals surface area contributed by atoms with Gasteiger partial charge in [0.25, 0.3) is 5.82 Å². The number of fused-ring (bicyclic) bond motifs is 1. The minimum atomic E-state index is -0.637. The molecule has 27 heavy (non-hydrogen) atoms. The Bertz CT molecular complexity index is 919. The molecule has 0 fully saturated rings. The quantitative estimate of drug-likeness (QED) is 0.292. The lowest BCUT2D eigenvalue weighted by Gasteiger charge is -2.12. The summed E-state index contributed by atoms with van der Waals surface area (Å²) in [6.07, 6.45) is -0.637. The molecular formula is C21H25IN2O3. The van der Waals surface area contributed by atoms with Gasteiger partial charge in [-0.3, -0.25) is 4.79 Å². The zero-order valence-electron chi connectivity index (χ0n) is 15.9. The number of halogens is 1. The normalized spacial score (nSPS) is 11.9. The van der Waals surface area contributed by atoms with Crippen molar-refractivity contribution in [3.05, 3.63) is 59.9 Å². The van der Waals surface area contributed by atoms with Crippen LogP contribution < -0.4 is 33.3 Å². The van der Waals surface area contributed by atoms with Crippen molar-refractivity contribution in [2.24, 2.45) is 0 Å². The average molecular weight is 480 g/mol. The van der Waals surface area contributed by atoms with E-state index in [-0.39, 0.29) is 36.4 Å². The lowest BCUT2D eigenvalue weighted by atomic mass is 10.1. The minimum Gasteiger partial charge on any atom is -1.00 e. The van der Waals surface area contributed by atoms with E-state index >= 15 is 0 Å². The summed E-state index contributed by atoms with van der Waals surface area (Å²) in [5, 5.41) is 10.5. The number of nitrogens with zero attached hydrogens (tertiary/aromatic N) is 2. The third-order valence-corrected chi connectivity index (χ3v) is 4.66. The molecule has 0 bridgehead atoms. The first-order chi connectivity index (χ1) is 12.5. The highest BCUT2D eigenvalue weighted by Gasteiger charge is 2.22. The number of benzene rings is 2. The molecule has 0 aliphatic heterocycles. The first-order valence-corrected chi connectivity index (χ1v) is 8.90. The molecule has 0 spiro atoms. The molecule has 0 aliphatic rings. The van der Waals surface area contributed by atoms with Gasteiger partial charge in [-0.1, -0.05) is 12.1 Å². The number of aliphatic hydroxyl groups is 1. The largest absolute Gasteiger partial charge is 1.00 e. The van der Waals surface area contributed by atoms with E-state index in [9.17, 15) is 9.90 Å². The third kappa shape index (κ3) is 4.68.